The zero-order valence-electron chi connectivity index (χ0n) is 24.4. The first-order chi connectivity index (χ1) is 18.4. The summed E-state index contributed by atoms with van der Waals surface area (Å²) in [5, 5.41) is 3.38. The molecule has 7 nitrogen and oxygen atoms in total. The Morgan fingerprint density at radius 3 is 2.63 bits per heavy atom. The van der Waals surface area contributed by atoms with E-state index in [1.54, 1.807) is 13.8 Å². The van der Waals surface area contributed by atoms with E-state index in [0.29, 0.717) is 18.2 Å². The van der Waals surface area contributed by atoms with Crippen LogP contribution in [0.15, 0.2) is 30.3 Å². The van der Waals surface area contributed by atoms with Gasteiger partial charge in [0.2, 0.25) is 0 Å². The second-order valence-electron chi connectivity index (χ2n) is 8.71. The summed E-state index contributed by atoms with van der Waals surface area (Å²) in [5.41, 5.74) is 4.36. The van der Waals surface area contributed by atoms with Gasteiger partial charge in [0.05, 0.1) is 44.2 Å². The molecule has 1 saturated carbocycles. The van der Waals surface area contributed by atoms with Gasteiger partial charge in [-0.15, -0.1) is 0 Å². The lowest BCUT2D eigenvalue weighted by molar-refractivity contribution is -0.137. The van der Waals surface area contributed by atoms with Gasteiger partial charge in [-0.2, -0.15) is 13.2 Å². The maximum absolute atomic E-state index is 13.4. The molecule has 0 radical (unpaired) electrons. The van der Waals surface area contributed by atoms with Crippen LogP contribution in [0.25, 0.3) is 10.9 Å². The third-order valence-corrected chi connectivity index (χ3v) is 5.79. The SMILES string of the molecule is [2H]C([2H])([2H])Oc1cc2nc(C)nc(N[C@H](C)c3cc(N)cc(C(F)(F)F)c3)c2cc1OC([2H])([2H])C1(COC)CC1. The molecule has 0 saturated heterocycles. The Morgan fingerprint density at radius 1 is 1.20 bits per heavy atom. The number of aromatic nitrogens is 2. The van der Waals surface area contributed by atoms with Crippen LogP contribution in [-0.4, -0.2) is 37.3 Å². The van der Waals surface area contributed by atoms with Crippen LogP contribution < -0.4 is 20.5 Å². The van der Waals surface area contributed by atoms with Crippen molar-refractivity contribution in [3.05, 3.63) is 47.3 Å². The average molecular weight is 496 g/mol. The highest BCUT2D eigenvalue weighted by atomic mass is 19.4. The number of nitrogen functional groups attached to an aromatic ring is 1. The highest BCUT2D eigenvalue weighted by Gasteiger charge is 2.43. The largest absolute Gasteiger partial charge is 0.493 e. The lowest BCUT2D eigenvalue weighted by Gasteiger charge is -2.20. The number of ether oxygens (including phenoxy) is 3. The van der Waals surface area contributed by atoms with Gasteiger partial charge < -0.3 is 25.3 Å². The summed E-state index contributed by atoms with van der Waals surface area (Å²) in [7, 11) is -1.42. The van der Waals surface area contributed by atoms with Crippen LogP contribution in [0.5, 0.6) is 11.5 Å². The Hall–Kier alpha value is -3.27. The summed E-state index contributed by atoms with van der Waals surface area (Å²) in [4.78, 5) is 8.74. The number of nitrogens with zero attached hydrogens (tertiary/aromatic N) is 2. The second-order valence-corrected chi connectivity index (χ2v) is 8.71. The fourth-order valence-electron chi connectivity index (χ4n) is 3.77. The van der Waals surface area contributed by atoms with E-state index in [9.17, 15) is 13.2 Å². The molecule has 1 atom stereocenters. The van der Waals surface area contributed by atoms with E-state index >= 15 is 0 Å². The molecule has 0 aliphatic heterocycles. The number of anilines is 2. The highest BCUT2D eigenvalue weighted by molar-refractivity contribution is 5.92. The zero-order chi connectivity index (χ0) is 29.7. The molecule has 1 aliphatic rings. The van der Waals surface area contributed by atoms with E-state index in [0.717, 1.165) is 12.1 Å². The van der Waals surface area contributed by atoms with Crippen molar-refractivity contribution in [2.75, 3.05) is 38.4 Å². The lowest BCUT2D eigenvalue weighted by Crippen LogP contribution is -2.18. The summed E-state index contributed by atoms with van der Waals surface area (Å²) in [5.74, 6) is 0.0243. The number of halogens is 3. The van der Waals surface area contributed by atoms with Crippen LogP contribution in [0.1, 0.15) is 49.6 Å². The van der Waals surface area contributed by atoms with E-state index in [2.05, 4.69) is 15.3 Å². The topological polar surface area (TPSA) is 91.5 Å². The molecular formula is C25H29F3N4O3. The normalized spacial score (nSPS) is 18.5. The Balaban J connectivity index is 1.78. The minimum atomic E-state index is -4.59. The van der Waals surface area contributed by atoms with Crippen LogP contribution in [0.3, 0.4) is 0 Å². The van der Waals surface area contributed by atoms with E-state index in [1.807, 2.05) is 0 Å². The van der Waals surface area contributed by atoms with Crippen molar-refractivity contribution in [2.24, 2.45) is 5.41 Å². The number of rotatable bonds is 9. The van der Waals surface area contributed by atoms with E-state index in [1.165, 1.54) is 25.3 Å². The van der Waals surface area contributed by atoms with Crippen molar-refractivity contribution in [1.82, 2.24) is 9.97 Å². The Bertz CT molecular complexity index is 1420. The first kappa shape index (κ1) is 19.0. The van der Waals surface area contributed by atoms with Gasteiger partial charge in [-0.05, 0) is 56.5 Å². The first-order valence-electron chi connectivity index (χ1n) is 13.4. The quantitative estimate of drug-likeness (QED) is 0.377. The van der Waals surface area contributed by atoms with E-state index in [4.69, 9.17) is 26.8 Å². The number of hydrogen-bond acceptors (Lipinski definition) is 7. The van der Waals surface area contributed by atoms with Crippen molar-refractivity contribution >= 4 is 22.4 Å². The predicted octanol–water partition coefficient (Wildman–Crippen LogP) is 5.53. The summed E-state index contributed by atoms with van der Waals surface area (Å²) >= 11 is 0. The summed E-state index contributed by atoms with van der Waals surface area (Å²) in [6, 6.07) is 5.20. The molecule has 0 spiro atoms. The Kier molecular flexibility index (Phi) is 5.10. The number of alkyl halides is 3. The fraction of sp³-hybridized carbons (Fsp3) is 0.440. The summed E-state index contributed by atoms with van der Waals surface area (Å²) in [6.45, 7) is 1.07. The number of fused-ring (bicyclic) bond motifs is 1. The van der Waals surface area contributed by atoms with Gasteiger partial charge in [0.25, 0.3) is 0 Å². The van der Waals surface area contributed by atoms with Crippen molar-refractivity contribution < 1.29 is 34.2 Å². The fourth-order valence-corrected chi connectivity index (χ4v) is 3.77. The van der Waals surface area contributed by atoms with Crippen LogP contribution in [0, 0.1) is 12.3 Å². The molecular weight excluding hydrogens is 461 g/mol. The minimum absolute atomic E-state index is 0.0587. The van der Waals surface area contributed by atoms with Crippen molar-refractivity contribution in [3.63, 3.8) is 0 Å². The number of methoxy groups -OCH3 is 2. The number of nitrogens with two attached hydrogens (primary N) is 1. The van der Waals surface area contributed by atoms with Crippen LogP contribution >= 0.6 is 0 Å². The molecule has 1 heterocycles. The smallest absolute Gasteiger partial charge is 0.416 e. The van der Waals surface area contributed by atoms with Crippen LogP contribution in [0.4, 0.5) is 24.7 Å². The molecule has 1 fully saturated rings. The molecule has 4 rings (SSSR count). The van der Waals surface area contributed by atoms with Crippen molar-refractivity contribution in [3.8, 4) is 11.5 Å². The maximum atomic E-state index is 13.4. The molecule has 0 bridgehead atoms. The van der Waals surface area contributed by atoms with Gasteiger partial charge in [0.15, 0.2) is 11.5 Å². The van der Waals surface area contributed by atoms with Crippen molar-refractivity contribution in [1.29, 1.82) is 0 Å². The third-order valence-electron chi connectivity index (χ3n) is 5.79. The number of nitrogens with one attached hydrogen (secondary N) is 1. The molecule has 35 heavy (non-hydrogen) atoms. The molecule has 10 heteroatoms. The number of benzene rings is 2. The predicted molar refractivity (Wildman–Crippen MR) is 128 cm³/mol. The molecule has 0 unspecified atom stereocenters. The molecule has 0 amide bonds. The standard InChI is InChI=1S/C25H29F3N4O3/c1-14(16-7-17(25(26,27)28)9-18(29)8-16)30-23-19-10-22(35-13-24(5-6-24)12-33-3)21(34-4)11-20(19)31-15(2)32-23/h7-11,14H,5-6,12-13,29H2,1-4H3,(H,30,31,32)/t14-/m1/s1/i4D3,13D2. The van der Waals surface area contributed by atoms with Gasteiger partial charge in [0, 0.05) is 29.7 Å². The lowest BCUT2D eigenvalue weighted by atomic mass is 10.0. The Morgan fingerprint density at radius 2 is 1.97 bits per heavy atom. The third kappa shape index (κ3) is 5.53. The van der Waals surface area contributed by atoms with Gasteiger partial charge in [-0.25, -0.2) is 9.97 Å². The molecule has 3 aromatic rings. The maximum Gasteiger partial charge on any atom is 0.416 e. The number of aryl methyl sites for hydroxylation is 1. The van der Waals surface area contributed by atoms with Crippen molar-refractivity contribution in [2.45, 2.75) is 38.9 Å². The van der Waals surface area contributed by atoms with Gasteiger partial charge in [-0.1, -0.05) is 0 Å². The molecule has 1 aromatic heterocycles. The van der Waals surface area contributed by atoms with Crippen LogP contribution in [-0.2, 0) is 10.9 Å². The number of hydrogen-bond donors (Lipinski definition) is 2. The van der Waals surface area contributed by atoms with Gasteiger partial charge in [0.1, 0.15) is 11.6 Å². The molecule has 3 N–H and O–H groups in total. The molecule has 2 aromatic carbocycles. The Labute approximate surface area is 208 Å². The molecule has 188 valence electrons. The van der Waals surface area contributed by atoms with E-state index in [-0.39, 0.29) is 46.5 Å². The average Bonchev–Trinajstić information content (AvgIpc) is 3.59. The monoisotopic (exact) mass is 495 g/mol. The summed E-state index contributed by atoms with van der Waals surface area (Å²) < 4.78 is 96.1. The zero-order valence-corrected chi connectivity index (χ0v) is 19.4. The van der Waals surface area contributed by atoms with E-state index < -0.39 is 36.8 Å². The summed E-state index contributed by atoms with van der Waals surface area (Å²) in [6.07, 6.45) is -3.58. The van der Waals surface area contributed by atoms with Gasteiger partial charge >= 0.3 is 6.18 Å². The highest BCUT2D eigenvalue weighted by Crippen LogP contribution is 2.47. The first-order valence-corrected chi connectivity index (χ1v) is 10.9. The van der Waals surface area contributed by atoms with Crippen LogP contribution in [0.2, 0.25) is 0 Å². The minimum Gasteiger partial charge on any atom is -0.493 e. The molecule has 1 aliphatic carbocycles. The second kappa shape index (κ2) is 9.41. The van der Waals surface area contributed by atoms with Gasteiger partial charge in [-0.3, -0.25) is 0 Å².